The first-order valence-corrected chi connectivity index (χ1v) is 5.61. The number of carbonyl (C=O) groups is 1. The van der Waals surface area contributed by atoms with Gasteiger partial charge in [-0.25, -0.2) is 9.78 Å². The van der Waals surface area contributed by atoms with Crippen molar-refractivity contribution in [3.8, 4) is 11.1 Å². The van der Waals surface area contributed by atoms with Crippen molar-refractivity contribution < 1.29 is 9.53 Å². The molecule has 4 nitrogen and oxygen atoms in total. The summed E-state index contributed by atoms with van der Waals surface area (Å²) in [5.74, 6) is -0.604. The number of benzene rings is 1. The largest absolute Gasteiger partial charge is 0.464 e. The van der Waals surface area contributed by atoms with Crippen molar-refractivity contribution in [3.05, 3.63) is 47.2 Å². The van der Waals surface area contributed by atoms with Crippen molar-refractivity contribution in [2.75, 3.05) is 12.8 Å². The van der Waals surface area contributed by atoms with Gasteiger partial charge in [-0.2, -0.15) is 0 Å². The van der Waals surface area contributed by atoms with Gasteiger partial charge in [0.25, 0.3) is 0 Å². The fourth-order valence-electron chi connectivity index (χ4n) is 1.63. The smallest absolute Gasteiger partial charge is 0.358 e. The molecule has 0 spiro atoms. The van der Waals surface area contributed by atoms with E-state index >= 15 is 0 Å². The molecule has 0 unspecified atom stereocenters. The number of carbonyl (C=O) groups excluding carboxylic acids is 1. The van der Waals surface area contributed by atoms with Crippen molar-refractivity contribution in [2.24, 2.45) is 0 Å². The Bertz CT molecular complexity index is 585. The highest BCUT2D eigenvalue weighted by Gasteiger charge is 2.17. The molecule has 1 heterocycles. The Morgan fingerprint density at radius 2 is 2.00 bits per heavy atom. The minimum atomic E-state index is -0.604. The summed E-state index contributed by atoms with van der Waals surface area (Å²) in [6.45, 7) is 0. The Morgan fingerprint density at radius 1 is 1.33 bits per heavy atom. The van der Waals surface area contributed by atoms with Crippen molar-refractivity contribution in [1.82, 2.24) is 4.98 Å². The number of hydrogen-bond donors (Lipinski definition) is 1. The average molecular weight is 263 g/mol. The van der Waals surface area contributed by atoms with Crippen LogP contribution in [0.2, 0.25) is 5.15 Å². The summed E-state index contributed by atoms with van der Waals surface area (Å²) in [5.41, 5.74) is 7.76. The van der Waals surface area contributed by atoms with E-state index in [0.29, 0.717) is 5.56 Å². The highest BCUT2D eigenvalue weighted by Crippen LogP contribution is 2.30. The molecule has 0 amide bonds. The monoisotopic (exact) mass is 262 g/mol. The summed E-state index contributed by atoms with van der Waals surface area (Å²) >= 11 is 5.90. The lowest BCUT2D eigenvalue weighted by atomic mass is 10.0. The van der Waals surface area contributed by atoms with E-state index in [1.165, 1.54) is 7.11 Å². The molecule has 0 aliphatic carbocycles. The number of aromatic nitrogens is 1. The van der Waals surface area contributed by atoms with Crippen LogP contribution in [-0.4, -0.2) is 18.1 Å². The van der Waals surface area contributed by atoms with Gasteiger partial charge in [-0.15, -0.1) is 0 Å². The van der Waals surface area contributed by atoms with Crippen molar-refractivity contribution >= 4 is 23.3 Å². The van der Waals surface area contributed by atoms with Crippen molar-refractivity contribution in [3.63, 3.8) is 0 Å². The number of esters is 1. The summed E-state index contributed by atoms with van der Waals surface area (Å²) < 4.78 is 4.62. The molecule has 0 bridgehead atoms. The number of anilines is 1. The van der Waals surface area contributed by atoms with Gasteiger partial charge in [-0.05, 0) is 11.6 Å². The lowest BCUT2D eigenvalue weighted by Crippen LogP contribution is -2.09. The maximum Gasteiger partial charge on any atom is 0.358 e. The summed E-state index contributed by atoms with van der Waals surface area (Å²) in [6.07, 6.45) is 0. The van der Waals surface area contributed by atoms with Gasteiger partial charge in [-0.3, -0.25) is 0 Å². The molecule has 0 saturated carbocycles. The number of methoxy groups -OCH3 is 1. The van der Waals surface area contributed by atoms with Crippen LogP contribution in [0.1, 0.15) is 10.5 Å². The third-order valence-corrected chi connectivity index (χ3v) is 2.68. The van der Waals surface area contributed by atoms with E-state index in [1.807, 2.05) is 30.3 Å². The van der Waals surface area contributed by atoms with Gasteiger partial charge in [0, 0.05) is 5.56 Å². The van der Waals surface area contributed by atoms with E-state index < -0.39 is 5.97 Å². The Kier molecular flexibility index (Phi) is 3.48. The quantitative estimate of drug-likeness (QED) is 0.668. The first-order valence-electron chi connectivity index (χ1n) is 5.23. The first kappa shape index (κ1) is 12.4. The van der Waals surface area contributed by atoms with E-state index in [9.17, 15) is 4.79 Å². The molecule has 5 heteroatoms. The molecule has 0 atom stereocenters. The van der Waals surface area contributed by atoms with E-state index in [-0.39, 0.29) is 16.5 Å². The molecule has 2 N–H and O–H groups in total. The van der Waals surface area contributed by atoms with Crippen LogP contribution in [0, 0.1) is 0 Å². The average Bonchev–Trinajstić information content (AvgIpc) is 2.41. The molecule has 1 aromatic carbocycles. The molecule has 0 saturated heterocycles. The maximum absolute atomic E-state index is 11.5. The van der Waals surface area contributed by atoms with Gasteiger partial charge in [0.1, 0.15) is 5.15 Å². The Balaban J connectivity index is 2.62. The van der Waals surface area contributed by atoms with Crippen LogP contribution in [0.3, 0.4) is 0 Å². The number of hydrogen-bond acceptors (Lipinski definition) is 4. The number of nitrogens with two attached hydrogens (primary N) is 1. The van der Waals surface area contributed by atoms with Crippen LogP contribution in [0.25, 0.3) is 11.1 Å². The third kappa shape index (κ3) is 2.28. The van der Waals surface area contributed by atoms with E-state index in [1.54, 1.807) is 6.07 Å². The second-order valence-electron chi connectivity index (χ2n) is 3.61. The SMILES string of the molecule is COC(=O)c1nc(Cl)cc(-c2ccccc2)c1N. The molecule has 2 aromatic rings. The Hall–Kier alpha value is -2.07. The Morgan fingerprint density at radius 3 is 2.61 bits per heavy atom. The van der Waals surface area contributed by atoms with Gasteiger partial charge in [0.05, 0.1) is 12.8 Å². The molecule has 18 heavy (non-hydrogen) atoms. The third-order valence-electron chi connectivity index (χ3n) is 2.49. The number of pyridine rings is 1. The lowest BCUT2D eigenvalue weighted by molar-refractivity contribution is 0.0595. The van der Waals surface area contributed by atoms with E-state index in [0.717, 1.165) is 5.56 Å². The van der Waals surface area contributed by atoms with Gasteiger partial charge < -0.3 is 10.5 Å². The summed E-state index contributed by atoms with van der Waals surface area (Å²) in [5, 5.41) is 0.198. The van der Waals surface area contributed by atoms with Crippen LogP contribution in [0.5, 0.6) is 0 Å². The molecule has 92 valence electrons. The number of ether oxygens (including phenoxy) is 1. The maximum atomic E-state index is 11.5. The van der Waals surface area contributed by atoms with Gasteiger partial charge >= 0.3 is 5.97 Å². The first-order chi connectivity index (χ1) is 8.63. The molecule has 0 fully saturated rings. The minimum Gasteiger partial charge on any atom is -0.464 e. The van der Waals surface area contributed by atoms with Crippen LogP contribution in [-0.2, 0) is 4.74 Å². The van der Waals surface area contributed by atoms with Gasteiger partial charge in [0.15, 0.2) is 5.69 Å². The van der Waals surface area contributed by atoms with Crippen LogP contribution in [0.4, 0.5) is 5.69 Å². The standard InChI is InChI=1S/C13H11ClN2O2/c1-18-13(17)12-11(15)9(7-10(14)16-12)8-5-3-2-4-6-8/h2-7H,15H2,1H3. The zero-order valence-electron chi connectivity index (χ0n) is 9.68. The van der Waals surface area contributed by atoms with Crippen LogP contribution in [0.15, 0.2) is 36.4 Å². The highest BCUT2D eigenvalue weighted by atomic mass is 35.5. The summed E-state index contributed by atoms with van der Waals surface area (Å²) in [7, 11) is 1.27. The molecular weight excluding hydrogens is 252 g/mol. The van der Waals surface area contributed by atoms with Gasteiger partial charge in [-0.1, -0.05) is 41.9 Å². The topological polar surface area (TPSA) is 65.2 Å². The van der Waals surface area contributed by atoms with Crippen LogP contribution >= 0.6 is 11.6 Å². The number of nitrogens with zero attached hydrogens (tertiary/aromatic N) is 1. The van der Waals surface area contributed by atoms with Crippen LogP contribution < -0.4 is 5.73 Å². The predicted octanol–water partition coefficient (Wildman–Crippen LogP) is 2.77. The number of rotatable bonds is 2. The Labute approximate surface area is 109 Å². The molecular formula is C13H11ClN2O2. The highest BCUT2D eigenvalue weighted by molar-refractivity contribution is 6.30. The van der Waals surface area contributed by atoms with Gasteiger partial charge in [0.2, 0.25) is 0 Å². The molecule has 2 rings (SSSR count). The fraction of sp³-hybridized carbons (Fsp3) is 0.0769. The van der Waals surface area contributed by atoms with E-state index in [2.05, 4.69) is 9.72 Å². The second kappa shape index (κ2) is 5.06. The van der Waals surface area contributed by atoms with E-state index in [4.69, 9.17) is 17.3 Å². The predicted molar refractivity (Wildman–Crippen MR) is 70.4 cm³/mol. The van der Waals surface area contributed by atoms with Crippen molar-refractivity contribution in [1.29, 1.82) is 0 Å². The molecule has 1 aromatic heterocycles. The summed E-state index contributed by atoms with van der Waals surface area (Å²) in [6, 6.07) is 11.0. The number of nitrogen functional groups attached to an aromatic ring is 1. The minimum absolute atomic E-state index is 0.0313. The molecule has 0 aliphatic rings. The second-order valence-corrected chi connectivity index (χ2v) is 4.00. The zero-order chi connectivity index (χ0) is 13.1. The normalized spacial score (nSPS) is 10.1. The molecule has 0 aliphatic heterocycles. The molecule has 0 radical (unpaired) electrons. The lowest BCUT2D eigenvalue weighted by Gasteiger charge is -2.10. The zero-order valence-corrected chi connectivity index (χ0v) is 10.4. The summed E-state index contributed by atoms with van der Waals surface area (Å²) in [4.78, 5) is 15.4. The number of halogens is 1. The van der Waals surface area contributed by atoms with Crippen molar-refractivity contribution in [2.45, 2.75) is 0 Å². The fourth-order valence-corrected chi connectivity index (χ4v) is 1.83.